The summed E-state index contributed by atoms with van der Waals surface area (Å²) in [5, 5.41) is 14.8. The first-order valence-corrected chi connectivity index (χ1v) is 10.7. The van der Waals surface area contributed by atoms with Gasteiger partial charge in [-0.3, -0.25) is 14.3 Å². The highest BCUT2D eigenvalue weighted by atomic mass is 16.5. The van der Waals surface area contributed by atoms with Crippen LogP contribution in [-0.2, 0) is 18.4 Å². The van der Waals surface area contributed by atoms with Crippen molar-refractivity contribution in [2.24, 2.45) is 18.9 Å². The maximum Gasteiger partial charge on any atom is 0.290 e. The molecule has 1 aromatic carbocycles. The number of hydrogen-bond donors (Lipinski definition) is 2. The van der Waals surface area contributed by atoms with Gasteiger partial charge in [0.2, 0.25) is 5.91 Å². The molecule has 2 fully saturated rings. The normalized spacial score (nSPS) is 15.4. The first-order chi connectivity index (χ1) is 15.5. The zero-order valence-corrected chi connectivity index (χ0v) is 18.0. The van der Waals surface area contributed by atoms with Gasteiger partial charge in [0.05, 0.1) is 18.4 Å². The summed E-state index contributed by atoms with van der Waals surface area (Å²) in [6.07, 6.45) is 5.57. The van der Waals surface area contributed by atoms with Gasteiger partial charge in [0.1, 0.15) is 12.0 Å². The zero-order chi connectivity index (χ0) is 22.2. The lowest BCUT2D eigenvalue weighted by atomic mass is 10.1. The van der Waals surface area contributed by atoms with E-state index >= 15 is 0 Å². The molecule has 5 rings (SSSR count). The molecule has 0 unspecified atom stereocenters. The molecule has 2 heterocycles. The molecule has 0 saturated heterocycles. The van der Waals surface area contributed by atoms with E-state index in [0.717, 1.165) is 25.7 Å². The number of aryl methyl sites for hydroxylation is 1. The summed E-state index contributed by atoms with van der Waals surface area (Å²) in [5.74, 6) is 1.85. The van der Waals surface area contributed by atoms with E-state index in [4.69, 9.17) is 4.74 Å². The second-order valence-corrected chi connectivity index (χ2v) is 8.39. The van der Waals surface area contributed by atoms with Gasteiger partial charge < -0.3 is 15.4 Å². The lowest BCUT2D eigenvalue weighted by Crippen LogP contribution is -2.28. The molecule has 0 aliphatic heterocycles. The average Bonchev–Trinajstić information content (AvgIpc) is 3.70. The number of nitrogens with zero attached hydrogens (tertiary/aromatic N) is 5. The van der Waals surface area contributed by atoms with E-state index in [9.17, 15) is 9.59 Å². The Morgan fingerprint density at radius 1 is 1.19 bits per heavy atom. The molecule has 0 radical (unpaired) electrons. The standard InChI is InChI=1S/C22H25N7O3/c1-28-12-23-20(27-28)15-4-3-5-16(19(15)32-2)24-17-10-18(25-21(30)14-8-9-14)26-29(22(17)31)11-13-6-7-13/h3-5,10,12-14,24H,6-9,11H2,1-2H3,(H,25,26,30). The van der Waals surface area contributed by atoms with Crippen molar-refractivity contribution in [1.82, 2.24) is 24.5 Å². The van der Waals surface area contributed by atoms with Gasteiger partial charge in [0.25, 0.3) is 5.56 Å². The van der Waals surface area contributed by atoms with Crippen LogP contribution in [0, 0.1) is 11.8 Å². The van der Waals surface area contributed by atoms with E-state index in [0.29, 0.717) is 46.8 Å². The quantitative estimate of drug-likeness (QED) is 0.559. The number of methoxy groups -OCH3 is 1. The number of carbonyl (C=O) groups is 1. The fourth-order valence-electron chi connectivity index (χ4n) is 3.57. The summed E-state index contributed by atoms with van der Waals surface area (Å²) < 4.78 is 8.70. The van der Waals surface area contributed by atoms with Crippen molar-refractivity contribution >= 4 is 23.1 Å². The molecule has 10 heteroatoms. The highest BCUT2D eigenvalue weighted by Gasteiger charge is 2.30. The van der Waals surface area contributed by atoms with Crippen LogP contribution in [-0.4, -0.2) is 37.6 Å². The van der Waals surface area contributed by atoms with E-state index in [1.54, 1.807) is 31.2 Å². The molecule has 0 bridgehead atoms. The van der Waals surface area contributed by atoms with Crippen molar-refractivity contribution in [1.29, 1.82) is 0 Å². The maximum absolute atomic E-state index is 13.1. The first kappa shape index (κ1) is 20.2. The zero-order valence-electron chi connectivity index (χ0n) is 18.0. The minimum absolute atomic E-state index is 0.0414. The number of amides is 1. The molecule has 1 amide bonds. The van der Waals surface area contributed by atoms with Crippen LogP contribution in [0.25, 0.3) is 11.4 Å². The number of rotatable bonds is 8. The van der Waals surface area contributed by atoms with Crippen molar-refractivity contribution in [3.63, 3.8) is 0 Å². The number of nitrogens with one attached hydrogen (secondary N) is 2. The Balaban J connectivity index is 1.51. The van der Waals surface area contributed by atoms with E-state index in [1.807, 2.05) is 18.2 Å². The number of para-hydroxylation sites is 1. The van der Waals surface area contributed by atoms with Crippen LogP contribution < -0.4 is 20.9 Å². The van der Waals surface area contributed by atoms with E-state index in [1.165, 1.54) is 4.68 Å². The molecule has 2 aliphatic carbocycles. The Kier molecular flexibility index (Phi) is 5.12. The molecule has 166 valence electrons. The van der Waals surface area contributed by atoms with Gasteiger partial charge in [-0.05, 0) is 43.7 Å². The molecule has 32 heavy (non-hydrogen) atoms. The SMILES string of the molecule is COc1c(Nc2cc(NC(=O)C3CC3)nn(CC3CC3)c2=O)cccc1-c1ncn(C)n1. The minimum atomic E-state index is -0.246. The molecule has 10 nitrogen and oxygen atoms in total. The molecule has 0 atom stereocenters. The van der Waals surface area contributed by atoms with Gasteiger partial charge in [-0.1, -0.05) is 6.07 Å². The minimum Gasteiger partial charge on any atom is -0.494 e. The van der Waals surface area contributed by atoms with Crippen LogP contribution in [0.4, 0.5) is 17.2 Å². The van der Waals surface area contributed by atoms with Gasteiger partial charge in [-0.15, -0.1) is 0 Å². The number of anilines is 3. The van der Waals surface area contributed by atoms with Crippen LogP contribution in [0.2, 0.25) is 0 Å². The summed E-state index contributed by atoms with van der Waals surface area (Å²) in [5.41, 5.74) is 1.37. The highest BCUT2D eigenvalue weighted by molar-refractivity contribution is 5.93. The third kappa shape index (κ3) is 4.20. The predicted octanol–water partition coefficient (Wildman–Crippen LogP) is 2.55. The van der Waals surface area contributed by atoms with Gasteiger partial charge >= 0.3 is 0 Å². The van der Waals surface area contributed by atoms with E-state index in [-0.39, 0.29) is 17.4 Å². The Morgan fingerprint density at radius 2 is 2.00 bits per heavy atom. The maximum atomic E-state index is 13.1. The number of benzene rings is 1. The van der Waals surface area contributed by atoms with Crippen LogP contribution in [0.3, 0.4) is 0 Å². The van der Waals surface area contributed by atoms with E-state index < -0.39 is 0 Å². The molecule has 2 N–H and O–H groups in total. The Labute approximate surface area is 184 Å². The fraction of sp³-hybridized carbons (Fsp3) is 0.409. The molecule has 2 saturated carbocycles. The van der Waals surface area contributed by atoms with Crippen molar-refractivity contribution in [2.45, 2.75) is 32.2 Å². The smallest absolute Gasteiger partial charge is 0.290 e. The molecule has 2 aliphatic rings. The number of aromatic nitrogens is 5. The second kappa shape index (κ2) is 8.10. The molecular weight excluding hydrogens is 410 g/mol. The largest absolute Gasteiger partial charge is 0.494 e. The Hall–Kier alpha value is -3.69. The third-order valence-electron chi connectivity index (χ3n) is 5.63. The molecule has 0 spiro atoms. The first-order valence-electron chi connectivity index (χ1n) is 10.7. The van der Waals surface area contributed by atoms with Gasteiger partial charge in [0.15, 0.2) is 17.4 Å². The van der Waals surface area contributed by atoms with Crippen LogP contribution in [0.1, 0.15) is 25.7 Å². The fourth-order valence-corrected chi connectivity index (χ4v) is 3.57. The summed E-state index contributed by atoms with van der Waals surface area (Å²) in [4.78, 5) is 29.7. The number of carbonyl (C=O) groups excluding carboxylic acids is 1. The number of hydrogen-bond acceptors (Lipinski definition) is 7. The van der Waals surface area contributed by atoms with Crippen LogP contribution in [0.15, 0.2) is 35.4 Å². The molecule has 2 aromatic heterocycles. The third-order valence-corrected chi connectivity index (χ3v) is 5.63. The highest BCUT2D eigenvalue weighted by Crippen LogP contribution is 2.36. The molecular formula is C22H25N7O3. The Bertz CT molecular complexity index is 1220. The van der Waals surface area contributed by atoms with Crippen LogP contribution in [0.5, 0.6) is 5.75 Å². The van der Waals surface area contributed by atoms with Gasteiger partial charge in [0, 0.05) is 25.6 Å². The van der Waals surface area contributed by atoms with Crippen molar-refractivity contribution < 1.29 is 9.53 Å². The Morgan fingerprint density at radius 3 is 2.66 bits per heavy atom. The summed E-state index contributed by atoms with van der Waals surface area (Å²) in [7, 11) is 3.36. The van der Waals surface area contributed by atoms with Crippen LogP contribution >= 0.6 is 0 Å². The number of ether oxygens (including phenoxy) is 1. The monoisotopic (exact) mass is 435 g/mol. The summed E-state index contributed by atoms with van der Waals surface area (Å²) >= 11 is 0. The van der Waals surface area contributed by atoms with E-state index in [2.05, 4.69) is 25.8 Å². The second-order valence-electron chi connectivity index (χ2n) is 8.39. The average molecular weight is 435 g/mol. The lowest BCUT2D eigenvalue weighted by molar-refractivity contribution is -0.117. The van der Waals surface area contributed by atoms with Crippen molar-refractivity contribution in [2.75, 3.05) is 17.7 Å². The summed E-state index contributed by atoms with van der Waals surface area (Å²) in [6.45, 7) is 0.537. The summed E-state index contributed by atoms with van der Waals surface area (Å²) in [6, 6.07) is 7.10. The van der Waals surface area contributed by atoms with Gasteiger partial charge in [-0.25, -0.2) is 9.67 Å². The molecule has 3 aromatic rings. The van der Waals surface area contributed by atoms with Crippen molar-refractivity contribution in [3.8, 4) is 17.1 Å². The lowest BCUT2D eigenvalue weighted by Gasteiger charge is -2.15. The van der Waals surface area contributed by atoms with Gasteiger partial charge in [-0.2, -0.15) is 10.2 Å². The predicted molar refractivity (Wildman–Crippen MR) is 119 cm³/mol. The van der Waals surface area contributed by atoms with Crippen molar-refractivity contribution in [3.05, 3.63) is 40.9 Å². The topological polar surface area (TPSA) is 116 Å².